The number of hydrogen-bond acceptors (Lipinski definition) is 3. The fraction of sp³-hybridized carbons (Fsp3) is 0.364. The van der Waals surface area contributed by atoms with Gasteiger partial charge in [-0.1, -0.05) is 0 Å². The summed E-state index contributed by atoms with van der Waals surface area (Å²) in [5.41, 5.74) is 1.67. The lowest BCUT2D eigenvalue weighted by Gasteiger charge is -2.30. The van der Waals surface area contributed by atoms with Crippen molar-refractivity contribution < 1.29 is 4.74 Å². The minimum absolute atomic E-state index is 0.0742. The maximum Gasteiger partial charge on any atom is 0.271 e. The zero-order chi connectivity index (χ0) is 10.8. The van der Waals surface area contributed by atoms with E-state index in [-0.39, 0.29) is 5.56 Å². The van der Waals surface area contributed by atoms with Gasteiger partial charge in [0, 0.05) is 19.7 Å². The first-order valence-corrected chi connectivity index (χ1v) is 4.91. The van der Waals surface area contributed by atoms with Crippen LogP contribution in [-0.2, 0) is 4.74 Å². The number of pyridine rings is 1. The first-order chi connectivity index (χ1) is 7.24. The Bertz CT molecular complexity index is 448. The van der Waals surface area contributed by atoms with Gasteiger partial charge in [-0.2, -0.15) is 0 Å². The lowest BCUT2D eigenvalue weighted by Crippen LogP contribution is -2.29. The summed E-state index contributed by atoms with van der Waals surface area (Å²) in [4.78, 5) is 16.1. The van der Waals surface area contributed by atoms with Gasteiger partial charge < -0.3 is 14.6 Å². The molecule has 15 heavy (non-hydrogen) atoms. The highest BCUT2D eigenvalue weighted by atomic mass is 16.5. The molecule has 0 unspecified atom stereocenters. The molecule has 0 bridgehead atoms. The Morgan fingerprint density at radius 2 is 2.27 bits per heavy atom. The highest BCUT2D eigenvalue weighted by Gasteiger charge is 2.23. The van der Waals surface area contributed by atoms with Crippen molar-refractivity contribution in [3.8, 4) is 0 Å². The molecule has 4 heteroatoms. The van der Waals surface area contributed by atoms with Crippen LogP contribution in [0.2, 0.25) is 0 Å². The average molecular weight is 206 g/mol. The summed E-state index contributed by atoms with van der Waals surface area (Å²) >= 11 is 0. The maximum absolute atomic E-state index is 11.5. The fourth-order valence-electron chi connectivity index (χ4n) is 1.74. The Kier molecular flexibility index (Phi) is 2.49. The van der Waals surface area contributed by atoms with Crippen LogP contribution in [0.4, 0.5) is 5.69 Å². The second-order valence-electron chi connectivity index (χ2n) is 3.52. The molecule has 0 fully saturated rings. The predicted molar refractivity (Wildman–Crippen MR) is 58.7 cm³/mol. The molecule has 1 N–H and O–H groups in total. The lowest BCUT2D eigenvalue weighted by atomic mass is 10.0. The number of ether oxygens (including phenoxy) is 1. The van der Waals surface area contributed by atoms with Gasteiger partial charge in [0.25, 0.3) is 5.56 Å². The zero-order valence-corrected chi connectivity index (χ0v) is 8.91. The summed E-state index contributed by atoms with van der Waals surface area (Å²) in [6.45, 7) is 0. The molecular formula is C11H14N2O2. The van der Waals surface area contributed by atoms with Crippen molar-refractivity contribution in [1.29, 1.82) is 0 Å². The quantitative estimate of drug-likeness (QED) is 0.814. The minimum atomic E-state index is -0.0742. The van der Waals surface area contributed by atoms with Crippen LogP contribution in [0.15, 0.2) is 34.6 Å². The van der Waals surface area contributed by atoms with Crippen LogP contribution in [0.3, 0.4) is 0 Å². The molecule has 0 amide bonds. The first-order valence-electron chi connectivity index (χ1n) is 4.91. The van der Waals surface area contributed by atoms with E-state index in [0.717, 1.165) is 24.3 Å². The SMILES string of the molecule is COC1=C(N(C)c2ccc[nH]c2=O)CC1. The summed E-state index contributed by atoms with van der Waals surface area (Å²) in [5, 5.41) is 0. The molecule has 80 valence electrons. The van der Waals surface area contributed by atoms with Crippen LogP contribution in [0.1, 0.15) is 12.8 Å². The average Bonchev–Trinajstić information content (AvgIpc) is 2.17. The Morgan fingerprint density at radius 1 is 1.47 bits per heavy atom. The standard InChI is InChI=1S/C11H14N2O2/c1-13(8-5-6-10(8)15-2)9-4-3-7-12-11(9)14/h3-4,7H,5-6H2,1-2H3,(H,12,14). The van der Waals surface area contributed by atoms with Gasteiger partial charge in [-0.05, 0) is 18.6 Å². The van der Waals surface area contributed by atoms with E-state index >= 15 is 0 Å². The predicted octanol–water partition coefficient (Wildman–Crippen LogP) is 1.46. The van der Waals surface area contributed by atoms with Crippen LogP contribution in [-0.4, -0.2) is 19.1 Å². The molecule has 0 aliphatic heterocycles. The molecule has 1 heterocycles. The molecule has 0 aromatic carbocycles. The molecular weight excluding hydrogens is 192 g/mol. The van der Waals surface area contributed by atoms with Gasteiger partial charge >= 0.3 is 0 Å². The van der Waals surface area contributed by atoms with Gasteiger partial charge in [0.1, 0.15) is 11.4 Å². The van der Waals surface area contributed by atoms with E-state index in [0.29, 0.717) is 5.69 Å². The van der Waals surface area contributed by atoms with Crippen molar-refractivity contribution >= 4 is 5.69 Å². The van der Waals surface area contributed by atoms with Gasteiger partial charge in [-0.25, -0.2) is 0 Å². The number of H-pyrrole nitrogens is 1. The second kappa shape index (κ2) is 3.81. The van der Waals surface area contributed by atoms with E-state index < -0.39 is 0 Å². The van der Waals surface area contributed by atoms with E-state index in [2.05, 4.69) is 4.98 Å². The summed E-state index contributed by atoms with van der Waals surface area (Å²) in [6, 6.07) is 3.62. The highest BCUT2D eigenvalue weighted by molar-refractivity contribution is 5.51. The van der Waals surface area contributed by atoms with Gasteiger partial charge in [0.2, 0.25) is 0 Å². The summed E-state index contributed by atoms with van der Waals surface area (Å²) in [5.74, 6) is 0.973. The molecule has 0 radical (unpaired) electrons. The third kappa shape index (κ3) is 1.63. The topological polar surface area (TPSA) is 45.3 Å². The van der Waals surface area contributed by atoms with Gasteiger partial charge in [0.05, 0.1) is 12.8 Å². The molecule has 0 atom stereocenters. The van der Waals surface area contributed by atoms with Crippen molar-refractivity contribution in [3.63, 3.8) is 0 Å². The van der Waals surface area contributed by atoms with E-state index in [1.165, 1.54) is 0 Å². The molecule has 0 saturated heterocycles. The number of aromatic nitrogens is 1. The molecule has 0 spiro atoms. The molecule has 1 aromatic rings. The number of aromatic amines is 1. The van der Waals surface area contributed by atoms with Crippen LogP contribution < -0.4 is 10.5 Å². The van der Waals surface area contributed by atoms with E-state index in [1.807, 2.05) is 18.0 Å². The second-order valence-corrected chi connectivity index (χ2v) is 3.52. The Hall–Kier alpha value is -1.71. The molecule has 4 nitrogen and oxygen atoms in total. The van der Waals surface area contributed by atoms with Crippen molar-refractivity contribution in [3.05, 3.63) is 40.1 Å². The van der Waals surface area contributed by atoms with Crippen molar-refractivity contribution in [2.24, 2.45) is 0 Å². The molecule has 2 rings (SSSR count). The van der Waals surface area contributed by atoms with Crippen molar-refractivity contribution in [1.82, 2.24) is 4.98 Å². The Labute approximate surface area is 88.2 Å². The number of hydrogen-bond donors (Lipinski definition) is 1. The Morgan fingerprint density at radius 3 is 2.80 bits per heavy atom. The number of nitrogens with zero attached hydrogens (tertiary/aromatic N) is 1. The zero-order valence-electron chi connectivity index (χ0n) is 8.91. The van der Waals surface area contributed by atoms with Crippen LogP contribution >= 0.6 is 0 Å². The van der Waals surface area contributed by atoms with Crippen LogP contribution in [0, 0.1) is 0 Å². The third-order valence-corrected chi connectivity index (χ3v) is 2.72. The smallest absolute Gasteiger partial charge is 0.271 e. The maximum atomic E-state index is 11.5. The number of rotatable bonds is 3. The monoisotopic (exact) mass is 206 g/mol. The fourth-order valence-corrected chi connectivity index (χ4v) is 1.74. The minimum Gasteiger partial charge on any atom is -0.499 e. The van der Waals surface area contributed by atoms with Crippen molar-refractivity contribution in [2.45, 2.75) is 12.8 Å². The first kappa shape index (κ1) is 9.83. The van der Waals surface area contributed by atoms with Gasteiger partial charge in [-0.3, -0.25) is 4.79 Å². The van der Waals surface area contributed by atoms with Gasteiger partial charge in [-0.15, -0.1) is 0 Å². The van der Waals surface area contributed by atoms with E-state index in [9.17, 15) is 4.79 Å². The number of nitrogens with one attached hydrogen (secondary N) is 1. The van der Waals surface area contributed by atoms with Crippen LogP contribution in [0.25, 0.3) is 0 Å². The molecule has 1 aliphatic carbocycles. The van der Waals surface area contributed by atoms with Crippen LogP contribution in [0.5, 0.6) is 0 Å². The summed E-state index contributed by atoms with van der Waals surface area (Å²) in [7, 11) is 3.55. The van der Waals surface area contributed by atoms with Crippen molar-refractivity contribution in [2.75, 3.05) is 19.1 Å². The lowest BCUT2D eigenvalue weighted by molar-refractivity contribution is 0.250. The third-order valence-electron chi connectivity index (χ3n) is 2.72. The van der Waals surface area contributed by atoms with E-state index in [1.54, 1.807) is 19.4 Å². The summed E-state index contributed by atoms with van der Waals surface area (Å²) in [6.07, 6.45) is 3.56. The summed E-state index contributed by atoms with van der Waals surface area (Å²) < 4.78 is 5.21. The molecule has 1 aromatic heterocycles. The molecule has 0 saturated carbocycles. The number of anilines is 1. The van der Waals surface area contributed by atoms with Gasteiger partial charge in [0.15, 0.2) is 0 Å². The normalized spacial score (nSPS) is 14.8. The molecule has 1 aliphatic rings. The highest BCUT2D eigenvalue weighted by Crippen LogP contribution is 2.31. The largest absolute Gasteiger partial charge is 0.499 e. The number of allylic oxidation sites excluding steroid dienone is 2. The Balaban J connectivity index is 2.34. The van der Waals surface area contributed by atoms with E-state index in [4.69, 9.17) is 4.74 Å². The number of methoxy groups -OCH3 is 1.